The standard InChI is InChI=1S/C20H35NO6/c1-2-3-4-5-6-7-8-9-10-11-12-13-14-21(15-18(22)23,16-19(24)25)17-20(26)27/h9-10H,2-8,11-17H2,1H3,(H2-,22,23,24,25,26,27)/b10-9+. The maximum absolute atomic E-state index is 11.1. The van der Waals surface area contributed by atoms with Gasteiger partial charge in [0.2, 0.25) is 0 Å². The fraction of sp³-hybridized carbons (Fsp3) is 0.750. The zero-order chi connectivity index (χ0) is 20.5. The van der Waals surface area contributed by atoms with Gasteiger partial charge in [-0.25, -0.2) is 9.59 Å². The number of carboxylic acid groups (broad SMARTS) is 3. The van der Waals surface area contributed by atoms with Gasteiger partial charge in [0.05, 0.1) is 12.5 Å². The first-order valence-electron chi connectivity index (χ1n) is 9.95. The van der Waals surface area contributed by atoms with Crippen molar-refractivity contribution in [2.24, 2.45) is 0 Å². The Morgan fingerprint density at radius 2 is 1.26 bits per heavy atom. The van der Waals surface area contributed by atoms with Crippen LogP contribution in [0, 0.1) is 0 Å². The number of aliphatic carboxylic acids is 3. The zero-order valence-electron chi connectivity index (χ0n) is 16.5. The Balaban J connectivity index is 4.20. The van der Waals surface area contributed by atoms with E-state index in [-0.39, 0.29) is 6.54 Å². The molecule has 0 fully saturated rings. The molecule has 156 valence electrons. The van der Waals surface area contributed by atoms with Gasteiger partial charge in [-0.2, -0.15) is 0 Å². The van der Waals surface area contributed by atoms with Crippen molar-refractivity contribution in [3.63, 3.8) is 0 Å². The number of nitrogens with zero attached hydrogens (tertiary/aromatic N) is 1. The van der Waals surface area contributed by atoms with Crippen molar-refractivity contribution in [2.45, 2.75) is 71.1 Å². The third-order valence-corrected chi connectivity index (χ3v) is 4.55. The highest BCUT2D eigenvalue weighted by Crippen LogP contribution is 2.12. The average molecular weight is 386 g/mol. The van der Waals surface area contributed by atoms with Gasteiger partial charge in [0.1, 0.15) is 6.54 Å². The highest BCUT2D eigenvalue weighted by molar-refractivity contribution is 5.72. The first kappa shape index (κ1) is 25.1. The van der Waals surface area contributed by atoms with E-state index in [0.717, 1.165) is 19.3 Å². The molecule has 0 saturated heterocycles. The minimum atomic E-state index is -1.43. The fourth-order valence-electron chi connectivity index (χ4n) is 3.24. The topological polar surface area (TPSA) is 115 Å². The molecule has 0 spiro atoms. The molecule has 0 aliphatic heterocycles. The monoisotopic (exact) mass is 385 g/mol. The molecule has 0 rings (SSSR count). The van der Waals surface area contributed by atoms with Crippen LogP contribution >= 0.6 is 0 Å². The minimum absolute atomic E-state index is 0.192. The molecular formula is C20H35NO6. The number of carbonyl (C=O) groups is 3. The van der Waals surface area contributed by atoms with Crippen molar-refractivity contribution in [3.8, 4) is 0 Å². The SMILES string of the molecule is CCCCCCCC/C=C/CCCC[N+](CC(=O)[O-])(CC(=O)O)CC(=O)O. The Morgan fingerprint density at radius 3 is 1.74 bits per heavy atom. The Labute approximate surface area is 162 Å². The van der Waals surface area contributed by atoms with Gasteiger partial charge in [-0.3, -0.25) is 0 Å². The molecular weight excluding hydrogens is 350 g/mol. The minimum Gasteiger partial charge on any atom is -0.544 e. The van der Waals surface area contributed by atoms with Crippen LogP contribution in [0.4, 0.5) is 0 Å². The third-order valence-electron chi connectivity index (χ3n) is 4.55. The number of hydrogen-bond acceptors (Lipinski definition) is 4. The number of carboxylic acids is 3. The summed E-state index contributed by atoms with van der Waals surface area (Å²) in [4.78, 5) is 33.1. The van der Waals surface area contributed by atoms with Crippen molar-refractivity contribution in [2.75, 3.05) is 26.2 Å². The van der Waals surface area contributed by atoms with Crippen LogP contribution < -0.4 is 5.11 Å². The lowest BCUT2D eigenvalue weighted by Gasteiger charge is -2.36. The molecule has 0 radical (unpaired) electrons. The largest absolute Gasteiger partial charge is 0.544 e. The van der Waals surface area contributed by atoms with E-state index in [2.05, 4.69) is 19.1 Å². The first-order chi connectivity index (χ1) is 12.8. The summed E-state index contributed by atoms with van der Waals surface area (Å²) in [5, 5.41) is 29.0. The van der Waals surface area contributed by atoms with Gasteiger partial charge in [-0.05, 0) is 32.1 Å². The molecule has 0 bridgehead atoms. The quantitative estimate of drug-likeness (QED) is 0.212. The molecule has 0 aromatic rings. The Morgan fingerprint density at radius 1 is 0.778 bits per heavy atom. The summed E-state index contributed by atoms with van der Waals surface area (Å²) in [6.07, 6.45) is 15.0. The van der Waals surface area contributed by atoms with Crippen molar-refractivity contribution in [1.82, 2.24) is 0 Å². The number of unbranched alkanes of at least 4 members (excludes halogenated alkanes) is 8. The molecule has 0 aliphatic rings. The number of carbonyl (C=O) groups excluding carboxylic acids is 1. The lowest BCUT2D eigenvalue weighted by atomic mass is 10.1. The van der Waals surface area contributed by atoms with E-state index in [1.807, 2.05) is 0 Å². The van der Waals surface area contributed by atoms with Gasteiger partial charge in [0, 0.05) is 0 Å². The van der Waals surface area contributed by atoms with Crippen LogP contribution in [-0.2, 0) is 14.4 Å². The van der Waals surface area contributed by atoms with E-state index in [1.54, 1.807) is 0 Å². The Hall–Kier alpha value is -1.89. The first-order valence-corrected chi connectivity index (χ1v) is 9.95. The van der Waals surface area contributed by atoms with Crippen molar-refractivity contribution < 1.29 is 34.2 Å². The van der Waals surface area contributed by atoms with E-state index >= 15 is 0 Å². The smallest absolute Gasteiger partial charge is 0.359 e. The molecule has 2 N–H and O–H groups in total. The van der Waals surface area contributed by atoms with Gasteiger partial charge in [0.15, 0.2) is 13.1 Å². The molecule has 0 aliphatic carbocycles. The molecule has 0 aromatic heterocycles. The van der Waals surface area contributed by atoms with Crippen LogP contribution in [-0.4, -0.2) is 58.8 Å². The Bertz CT molecular complexity index is 434. The molecule has 0 unspecified atom stereocenters. The highest BCUT2D eigenvalue weighted by Gasteiger charge is 2.33. The second-order valence-electron chi connectivity index (χ2n) is 7.22. The lowest BCUT2D eigenvalue weighted by molar-refractivity contribution is -0.909. The lowest BCUT2D eigenvalue weighted by Crippen LogP contribution is -2.59. The van der Waals surface area contributed by atoms with Crippen LogP contribution in [0.15, 0.2) is 12.2 Å². The molecule has 0 saturated carbocycles. The summed E-state index contributed by atoms with van der Waals surface area (Å²) in [5.41, 5.74) is 0. The van der Waals surface area contributed by atoms with E-state index in [1.165, 1.54) is 38.5 Å². The molecule has 0 atom stereocenters. The van der Waals surface area contributed by atoms with Crippen LogP contribution in [0.1, 0.15) is 71.1 Å². The summed E-state index contributed by atoms with van der Waals surface area (Å²) < 4.78 is -0.519. The van der Waals surface area contributed by atoms with Crippen LogP contribution in [0.3, 0.4) is 0 Å². The van der Waals surface area contributed by atoms with Crippen molar-refractivity contribution >= 4 is 17.9 Å². The van der Waals surface area contributed by atoms with Crippen molar-refractivity contribution in [3.05, 3.63) is 12.2 Å². The third kappa shape index (κ3) is 14.9. The molecule has 7 heteroatoms. The van der Waals surface area contributed by atoms with Gasteiger partial charge in [-0.1, -0.05) is 51.2 Å². The maximum atomic E-state index is 11.1. The molecule has 7 nitrogen and oxygen atoms in total. The summed E-state index contributed by atoms with van der Waals surface area (Å²) in [6.45, 7) is 0.722. The van der Waals surface area contributed by atoms with E-state index < -0.39 is 42.0 Å². The molecule has 0 aromatic carbocycles. The fourth-order valence-corrected chi connectivity index (χ4v) is 3.24. The molecule has 0 amide bonds. The van der Waals surface area contributed by atoms with Crippen molar-refractivity contribution in [1.29, 1.82) is 0 Å². The number of rotatable bonds is 18. The predicted octanol–water partition coefficient (Wildman–Crippen LogP) is 2.20. The van der Waals surface area contributed by atoms with E-state index in [0.29, 0.717) is 6.42 Å². The summed E-state index contributed by atoms with van der Waals surface area (Å²) in [6, 6.07) is 0. The predicted molar refractivity (Wildman–Crippen MR) is 101 cm³/mol. The number of allylic oxidation sites excluding steroid dienone is 2. The summed E-state index contributed by atoms with van der Waals surface area (Å²) >= 11 is 0. The molecule has 27 heavy (non-hydrogen) atoms. The van der Waals surface area contributed by atoms with E-state index in [9.17, 15) is 19.5 Å². The number of hydrogen-bond donors (Lipinski definition) is 2. The molecule has 0 heterocycles. The maximum Gasteiger partial charge on any atom is 0.359 e. The second-order valence-corrected chi connectivity index (χ2v) is 7.22. The van der Waals surface area contributed by atoms with Gasteiger partial charge < -0.3 is 24.6 Å². The van der Waals surface area contributed by atoms with Gasteiger partial charge >= 0.3 is 11.9 Å². The summed E-state index contributed by atoms with van der Waals surface area (Å²) in [5.74, 6) is -3.86. The average Bonchev–Trinajstić information content (AvgIpc) is 2.53. The highest BCUT2D eigenvalue weighted by atomic mass is 16.4. The normalized spacial score (nSPS) is 11.7. The Kier molecular flexibility index (Phi) is 14.1. The van der Waals surface area contributed by atoms with Gasteiger partial charge in [0.25, 0.3) is 0 Å². The van der Waals surface area contributed by atoms with Crippen LogP contribution in [0.2, 0.25) is 0 Å². The summed E-state index contributed by atoms with van der Waals surface area (Å²) in [7, 11) is 0. The van der Waals surface area contributed by atoms with Crippen LogP contribution in [0.25, 0.3) is 0 Å². The number of quaternary nitrogens is 1. The van der Waals surface area contributed by atoms with Crippen LogP contribution in [0.5, 0.6) is 0 Å². The second kappa shape index (κ2) is 15.2. The van der Waals surface area contributed by atoms with Gasteiger partial charge in [-0.15, -0.1) is 0 Å². The van der Waals surface area contributed by atoms with E-state index in [4.69, 9.17) is 10.2 Å². The zero-order valence-corrected chi connectivity index (χ0v) is 16.5.